The number of allylic oxidation sites excluding steroid dienone is 5. The molecule has 0 aromatic heterocycles. The summed E-state index contributed by atoms with van der Waals surface area (Å²) in [5.74, 6) is 3.12. The monoisotopic (exact) mass is 505 g/mol. The van der Waals surface area contributed by atoms with Gasteiger partial charge < -0.3 is 24.8 Å². The van der Waals surface area contributed by atoms with Crippen LogP contribution in [0.1, 0.15) is 36.3 Å². The molecule has 0 bridgehead atoms. The summed E-state index contributed by atoms with van der Waals surface area (Å²) in [6.45, 7) is 5.27. The van der Waals surface area contributed by atoms with E-state index in [0.29, 0.717) is 11.3 Å². The molecule has 0 aliphatic heterocycles. The van der Waals surface area contributed by atoms with Crippen molar-refractivity contribution < 1.29 is 49.5 Å². The molecule has 0 amide bonds. The van der Waals surface area contributed by atoms with E-state index in [2.05, 4.69) is 73.8 Å². The normalized spacial score (nSPS) is 39.8. The second kappa shape index (κ2) is 8.70. The molecule has 1 aromatic carbocycles. The molecular weight excluding hydrogens is 478 g/mol. The molecule has 7 atom stereocenters. The maximum absolute atomic E-state index is 2.63. The van der Waals surface area contributed by atoms with E-state index in [1.54, 1.807) is 30.3 Å². The average Bonchev–Trinajstić information content (AvgIpc) is 3.20. The van der Waals surface area contributed by atoms with E-state index in [0.717, 1.165) is 26.9 Å². The summed E-state index contributed by atoms with van der Waals surface area (Å²) < 4.78 is 0.868. The van der Waals surface area contributed by atoms with Gasteiger partial charge in [0, 0.05) is 0 Å². The topological polar surface area (TPSA) is 0 Å². The summed E-state index contributed by atoms with van der Waals surface area (Å²) in [5.41, 5.74) is 4.62. The van der Waals surface area contributed by atoms with Crippen LogP contribution in [-0.4, -0.2) is 8.80 Å². The Bertz CT molecular complexity index is 802. The molecule has 28 heavy (non-hydrogen) atoms. The SMILES string of the molecule is C[SiH](C)C1CCCC2C3C=CC=CC3[CH]([Zr+2])C21C1C=Cc2ccccc21.[Cl-].[Cl-]. The van der Waals surface area contributed by atoms with Crippen LogP contribution in [0.25, 0.3) is 6.08 Å². The predicted octanol–water partition coefficient (Wildman–Crippen LogP) is 0.156. The Hall–Kier alpha value is 0.120. The number of hydrogen-bond acceptors (Lipinski definition) is 0. The van der Waals surface area contributed by atoms with Crippen molar-refractivity contribution in [2.24, 2.45) is 23.2 Å². The van der Waals surface area contributed by atoms with Crippen LogP contribution in [0.3, 0.4) is 0 Å². The van der Waals surface area contributed by atoms with Gasteiger partial charge in [-0.3, -0.25) is 0 Å². The Balaban J connectivity index is 0.00000112. The van der Waals surface area contributed by atoms with Crippen molar-refractivity contribution in [1.29, 1.82) is 0 Å². The van der Waals surface area contributed by atoms with Gasteiger partial charge in [0.1, 0.15) is 0 Å². The zero-order valence-corrected chi connectivity index (χ0v) is 21.8. The molecule has 7 unspecified atom stereocenters. The van der Waals surface area contributed by atoms with E-state index in [1.165, 1.54) is 24.8 Å². The van der Waals surface area contributed by atoms with E-state index in [4.69, 9.17) is 0 Å². The maximum Gasteiger partial charge on any atom is -1.00 e. The van der Waals surface area contributed by atoms with Gasteiger partial charge in [-0.15, -0.1) is 0 Å². The largest absolute Gasteiger partial charge is 1.00 e. The fraction of sp³-hybridized carbons (Fsp3) is 0.500. The van der Waals surface area contributed by atoms with Crippen molar-refractivity contribution in [2.45, 2.75) is 47.4 Å². The molecule has 5 rings (SSSR count). The minimum absolute atomic E-state index is 0. The molecule has 4 aliphatic rings. The molecular formula is C24H29Cl2SiZr. The molecule has 4 aliphatic carbocycles. The number of hydrogen-bond donors (Lipinski definition) is 0. The Morgan fingerprint density at radius 3 is 2.43 bits per heavy atom. The molecule has 0 spiro atoms. The molecule has 1 aromatic rings. The molecule has 2 saturated carbocycles. The van der Waals surface area contributed by atoms with E-state index in [9.17, 15) is 0 Å². The van der Waals surface area contributed by atoms with Crippen LogP contribution in [0.5, 0.6) is 0 Å². The van der Waals surface area contributed by atoms with Gasteiger partial charge in [-0.2, -0.15) is 0 Å². The molecule has 0 saturated heterocycles. The summed E-state index contributed by atoms with van der Waals surface area (Å²) in [6, 6.07) is 9.26. The summed E-state index contributed by atoms with van der Waals surface area (Å²) in [5, 5.41) is 0. The van der Waals surface area contributed by atoms with Crippen LogP contribution in [0, 0.1) is 23.2 Å². The van der Waals surface area contributed by atoms with Crippen LogP contribution in [0.2, 0.25) is 22.3 Å². The fourth-order valence-corrected chi connectivity index (χ4v) is 12.8. The summed E-state index contributed by atoms with van der Waals surface area (Å²) in [6.07, 6.45) is 19.3. The predicted molar refractivity (Wildman–Crippen MR) is 110 cm³/mol. The molecule has 4 heteroatoms. The maximum atomic E-state index is 2.63. The van der Waals surface area contributed by atoms with Gasteiger partial charge in [0.15, 0.2) is 0 Å². The third-order valence-electron chi connectivity index (χ3n) is 8.07. The van der Waals surface area contributed by atoms with Gasteiger partial charge in [0.2, 0.25) is 0 Å². The van der Waals surface area contributed by atoms with Gasteiger partial charge >= 0.3 is 176 Å². The Morgan fingerprint density at radius 2 is 1.68 bits per heavy atom. The standard InChI is InChI=1S/C24H29Si.2ClH.Zr/c1-25(2)23-13-7-12-21-20-11-6-4-9-18(20)16-24(21,23)22-15-14-17-8-3-5-10-19(17)22;;;/h3-6,8-11,14-16,18,20-23,25H,7,12-13H2,1-2H3;2*1H;/q;;;+2/p-2. The zero-order chi connectivity index (χ0) is 17.9. The molecule has 0 heterocycles. The van der Waals surface area contributed by atoms with Crippen LogP contribution in [0.4, 0.5) is 0 Å². The average molecular weight is 508 g/mol. The van der Waals surface area contributed by atoms with Crippen molar-refractivity contribution in [3.63, 3.8) is 0 Å². The third kappa shape index (κ3) is 3.08. The van der Waals surface area contributed by atoms with Crippen LogP contribution in [0.15, 0.2) is 54.6 Å². The van der Waals surface area contributed by atoms with Gasteiger partial charge in [-0.05, 0) is 0 Å². The minimum Gasteiger partial charge on any atom is -1.00 e. The third-order valence-corrected chi connectivity index (χ3v) is 12.8. The second-order valence-corrected chi connectivity index (χ2v) is 14.1. The van der Waals surface area contributed by atoms with Crippen molar-refractivity contribution in [1.82, 2.24) is 0 Å². The molecule has 0 radical (unpaired) electrons. The van der Waals surface area contributed by atoms with E-state index < -0.39 is 8.80 Å². The minimum atomic E-state index is -0.726. The van der Waals surface area contributed by atoms with Crippen molar-refractivity contribution >= 4 is 14.9 Å². The summed E-state index contributed by atoms with van der Waals surface area (Å²) in [4.78, 5) is 0. The van der Waals surface area contributed by atoms with Crippen molar-refractivity contribution in [3.8, 4) is 0 Å². The zero-order valence-electron chi connectivity index (χ0n) is 16.7. The first-order chi connectivity index (χ1) is 12.7. The number of fused-ring (bicyclic) bond motifs is 4. The number of rotatable bonds is 2. The van der Waals surface area contributed by atoms with E-state index in [-0.39, 0.29) is 24.8 Å². The summed E-state index contributed by atoms with van der Waals surface area (Å²) >= 11 is 1.78. The van der Waals surface area contributed by atoms with Crippen LogP contribution in [-0.2, 0) is 24.7 Å². The fourth-order valence-electron chi connectivity index (χ4n) is 7.28. The number of halogens is 2. The van der Waals surface area contributed by atoms with Crippen LogP contribution >= 0.6 is 0 Å². The van der Waals surface area contributed by atoms with E-state index >= 15 is 0 Å². The Kier molecular flexibility index (Phi) is 7.08. The first-order valence-electron chi connectivity index (χ1n) is 10.5. The Morgan fingerprint density at radius 1 is 0.964 bits per heavy atom. The first-order valence-corrected chi connectivity index (χ1v) is 14.9. The molecule has 0 nitrogen and oxygen atoms in total. The first kappa shape index (κ1) is 22.8. The van der Waals surface area contributed by atoms with Gasteiger partial charge in [0.25, 0.3) is 0 Å². The van der Waals surface area contributed by atoms with Gasteiger partial charge in [0.05, 0.1) is 0 Å². The quantitative estimate of drug-likeness (QED) is 0.501. The Labute approximate surface area is 199 Å². The number of benzene rings is 1. The molecule has 0 N–H and O–H groups in total. The molecule has 2 fully saturated rings. The molecule has 147 valence electrons. The van der Waals surface area contributed by atoms with Gasteiger partial charge in [-0.25, -0.2) is 0 Å². The van der Waals surface area contributed by atoms with Crippen molar-refractivity contribution in [2.75, 3.05) is 0 Å². The van der Waals surface area contributed by atoms with Crippen LogP contribution < -0.4 is 24.8 Å². The smallest absolute Gasteiger partial charge is 1.00 e. The van der Waals surface area contributed by atoms with E-state index in [1.807, 2.05) is 0 Å². The summed E-state index contributed by atoms with van der Waals surface area (Å²) in [7, 11) is -0.726. The van der Waals surface area contributed by atoms with Crippen molar-refractivity contribution in [3.05, 3.63) is 65.8 Å². The van der Waals surface area contributed by atoms with Gasteiger partial charge in [-0.1, -0.05) is 0 Å². The second-order valence-electron chi connectivity index (χ2n) is 9.26.